The minimum atomic E-state index is -0.300. The number of benzene rings is 2. The molecule has 3 N–H and O–H groups in total. The summed E-state index contributed by atoms with van der Waals surface area (Å²) in [7, 11) is 0. The number of nitrogens with two attached hydrogens (primary N) is 1. The summed E-state index contributed by atoms with van der Waals surface area (Å²) in [4.78, 5) is 0. The summed E-state index contributed by atoms with van der Waals surface area (Å²) < 4.78 is 18.5. The highest BCUT2D eigenvalue weighted by atomic mass is 19.1. The third-order valence-electron chi connectivity index (χ3n) is 2.53. The average Bonchev–Trinajstić information content (AvgIpc) is 2.45. The van der Waals surface area contributed by atoms with Crippen molar-refractivity contribution in [2.24, 2.45) is 10.9 Å². The van der Waals surface area contributed by atoms with E-state index in [2.05, 4.69) is 5.16 Å². The summed E-state index contributed by atoms with van der Waals surface area (Å²) in [6.07, 6.45) is 0. The fourth-order valence-electron chi connectivity index (χ4n) is 1.60. The Morgan fingerprint density at radius 2 is 2.00 bits per heavy atom. The zero-order valence-corrected chi connectivity index (χ0v) is 10.1. The van der Waals surface area contributed by atoms with Gasteiger partial charge in [-0.15, -0.1) is 0 Å². The van der Waals surface area contributed by atoms with E-state index in [1.54, 1.807) is 36.4 Å². The van der Waals surface area contributed by atoms with Gasteiger partial charge >= 0.3 is 0 Å². The van der Waals surface area contributed by atoms with E-state index in [0.29, 0.717) is 11.3 Å². The smallest absolute Gasteiger partial charge is 0.170 e. The van der Waals surface area contributed by atoms with E-state index in [1.165, 1.54) is 12.1 Å². The number of halogens is 1. The van der Waals surface area contributed by atoms with Crippen LogP contribution in [0.1, 0.15) is 11.1 Å². The number of ether oxygens (including phenoxy) is 1. The van der Waals surface area contributed by atoms with Gasteiger partial charge in [0.1, 0.15) is 18.2 Å². The zero-order valence-electron chi connectivity index (χ0n) is 10.1. The SMILES string of the molecule is N/C(=N\O)c1cccc(OCc2cccc(F)c2)c1. The van der Waals surface area contributed by atoms with E-state index in [0.717, 1.165) is 5.56 Å². The third-order valence-corrected chi connectivity index (χ3v) is 2.53. The van der Waals surface area contributed by atoms with Gasteiger partial charge in [0.2, 0.25) is 0 Å². The standard InChI is InChI=1S/C14H13FN2O2/c15-12-5-1-3-10(7-12)9-19-13-6-2-4-11(8-13)14(16)17-18/h1-8,18H,9H2,(H2,16,17). The van der Waals surface area contributed by atoms with Crippen LogP contribution in [0.15, 0.2) is 53.7 Å². The van der Waals surface area contributed by atoms with Crippen molar-refractivity contribution in [2.75, 3.05) is 0 Å². The van der Waals surface area contributed by atoms with Crippen LogP contribution in [0.4, 0.5) is 4.39 Å². The van der Waals surface area contributed by atoms with Crippen LogP contribution in [-0.2, 0) is 6.61 Å². The summed E-state index contributed by atoms with van der Waals surface area (Å²) >= 11 is 0. The molecule has 98 valence electrons. The number of amidine groups is 1. The molecule has 19 heavy (non-hydrogen) atoms. The molecule has 0 aliphatic rings. The van der Waals surface area contributed by atoms with Gasteiger partial charge in [-0.05, 0) is 29.8 Å². The van der Waals surface area contributed by atoms with Gasteiger partial charge in [-0.1, -0.05) is 29.4 Å². The topological polar surface area (TPSA) is 67.8 Å². The van der Waals surface area contributed by atoms with Crippen molar-refractivity contribution in [3.8, 4) is 5.75 Å². The highest BCUT2D eigenvalue weighted by molar-refractivity contribution is 5.97. The maximum atomic E-state index is 13.0. The number of nitrogens with zero attached hydrogens (tertiary/aromatic N) is 1. The van der Waals surface area contributed by atoms with Crippen molar-refractivity contribution in [1.82, 2.24) is 0 Å². The number of oxime groups is 1. The summed E-state index contributed by atoms with van der Waals surface area (Å²) in [6.45, 7) is 0.247. The van der Waals surface area contributed by atoms with Gasteiger partial charge in [0, 0.05) is 5.56 Å². The average molecular weight is 260 g/mol. The van der Waals surface area contributed by atoms with E-state index in [-0.39, 0.29) is 18.3 Å². The first-order valence-corrected chi connectivity index (χ1v) is 5.64. The van der Waals surface area contributed by atoms with Crippen LogP contribution in [0.25, 0.3) is 0 Å². The molecule has 0 spiro atoms. The van der Waals surface area contributed by atoms with Crippen molar-refractivity contribution in [3.63, 3.8) is 0 Å². The van der Waals surface area contributed by atoms with E-state index >= 15 is 0 Å². The molecule has 0 amide bonds. The molecular weight excluding hydrogens is 247 g/mol. The van der Waals surface area contributed by atoms with Gasteiger partial charge < -0.3 is 15.7 Å². The Kier molecular flexibility index (Phi) is 3.97. The molecule has 0 bridgehead atoms. The molecule has 4 nitrogen and oxygen atoms in total. The van der Waals surface area contributed by atoms with Crippen LogP contribution in [0.2, 0.25) is 0 Å². The van der Waals surface area contributed by atoms with Gasteiger partial charge in [0.15, 0.2) is 5.84 Å². The Balaban J connectivity index is 2.08. The van der Waals surface area contributed by atoms with Gasteiger partial charge in [0.05, 0.1) is 0 Å². The molecule has 0 saturated carbocycles. The van der Waals surface area contributed by atoms with Crippen LogP contribution >= 0.6 is 0 Å². The second-order valence-electron chi connectivity index (χ2n) is 3.93. The number of hydrogen-bond donors (Lipinski definition) is 2. The third kappa shape index (κ3) is 3.45. The molecule has 0 aromatic heterocycles. The van der Waals surface area contributed by atoms with E-state index < -0.39 is 0 Å². The predicted molar refractivity (Wildman–Crippen MR) is 69.7 cm³/mol. The van der Waals surface area contributed by atoms with Crippen LogP contribution in [0.3, 0.4) is 0 Å². The lowest BCUT2D eigenvalue weighted by atomic mass is 10.2. The molecule has 0 aliphatic carbocycles. The number of rotatable bonds is 4. The second kappa shape index (κ2) is 5.86. The first kappa shape index (κ1) is 12.9. The largest absolute Gasteiger partial charge is 0.489 e. The Morgan fingerprint density at radius 3 is 2.74 bits per heavy atom. The minimum Gasteiger partial charge on any atom is -0.489 e. The molecule has 0 atom stereocenters. The molecule has 0 unspecified atom stereocenters. The minimum absolute atomic E-state index is 0.0104. The second-order valence-corrected chi connectivity index (χ2v) is 3.93. The molecule has 0 radical (unpaired) electrons. The lowest BCUT2D eigenvalue weighted by molar-refractivity contribution is 0.305. The predicted octanol–water partition coefficient (Wildman–Crippen LogP) is 2.50. The van der Waals surface area contributed by atoms with Crippen molar-refractivity contribution < 1.29 is 14.3 Å². The van der Waals surface area contributed by atoms with Crippen molar-refractivity contribution in [2.45, 2.75) is 6.61 Å². The summed E-state index contributed by atoms with van der Waals surface area (Å²) in [5.74, 6) is 0.274. The summed E-state index contributed by atoms with van der Waals surface area (Å²) in [5, 5.41) is 11.5. The molecule has 0 aliphatic heterocycles. The van der Waals surface area contributed by atoms with Gasteiger partial charge in [-0.2, -0.15) is 0 Å². The Bertz CT molecular complexity index is 600. The van der Waals surface area contributed by atoms with Gasteiger partial charge in [0.25, 0.3) is 0 Å². The fourth-order valence-corrected chi connectivity index (χ4v) is 1.60. The van der Waals surface area contributed by atoms with E-state index in [9.17, 15) is 4.39 Å². The Morgan fingerprint density at radius 1 is 1.21 bits per heavy atom. The molecule has 2 aromatic carbocycles. The lowest BCUT2D eigenvalue weighted by Crippen LogP contribution is -2.12. The maximum Gasteiger partial charge on any atom is 0.170 e. The van der Waals surface area contributed by atoms with Crippen LogP contribution in [-0.4, -0.2) is 11.0 Å². The monoisotopic (exact) mass is 260 g/mol. The Hall–Kier alpha value is -2.56. The van der Waals surface area contributed by atoms with E-state index in [1.807, 2.05) is 0 Å². The van der Waals surface area contributed by atoms with Crippen molar-refractivity contribution >= 4 is 5.84 Å². The van der Waals surface area contributed by atoms with Crippen LogP contribution in [0, 0.1) is 5.82 Å². The summed E-state index contributed by atoms with van der Waals surface area (Å²) in [6, 6.07) is 13.0. The maximum absolute atomic E-state index is 13.0. The number of hydrogen-bond acceptors (Lipinski definition) is 3. The Labute approximate surface area is 109 Å². The van der Waals surface area contributed by atoms with Crippen LogP contribution in [0.5, 0.6) is 5.75 Å². The highest BCUT2D eigenvalue weighted by Gasteiger charge is 2.02. The molecular formula is C14H13FN2O2. The quantitative estimate of drug-likeness (QED) is 0.384. The molecule has 5 heteroatoms. The zero-order chi connectivity index (χ0) is 13.7. The molecule has 0 saturated heterocycles. The normalized spacial score (nSPS) is 11.3. The first-order chi connectivity index (χ1) is 9.19. The summed E-state index contributed by atoms with van der Waals surface area (Å²) in [5.41, 5.74) is 6.77. The molecule has 2 aromatic rings. The van der Waals surface area contributed by atoms with E-state index in [4.69, 9.17) is 15.7 Å². The van der Waals surface area contributed by atoms with Crippen molar-refractivity contribution in [1.29, 1.82) is 0 Å². The van der Waals surface area contributed by atoms with Crippen LogP contribution < -0.4 is 10.5 Å². The molecule has 0 fully saturated rings. The highest BCUT2D eigenvalue weighted by Crippen LogP contribution is 2.15. The van der Waals surface area contributed by atoms with Gasteiger partial charge in [-0.25, -0.2) is 4.39 Å². The fraction of sp³-hybridized carbons (Fsp3) is 0.0714. The molecule has 2 rings (SSSR count). The van der Waals surface area contributed by atoms with Gasteiger partial charge in [-0.3, -0.25) is 0 Å². The molecule has 0 heterocycles. The first-order valence-electron chi connectivity index (χ1n) is 5.64. The lowest BCUT2D eigenvalue weighted by Gasteiger charge is -2.07. The van der Waals surface area contributed by atoms with Crippen molar-refractivity contribution in [3.05, 3.63) is 65.5 Å².